The van der Waals surface area contributed by atoms with Crippen LogP contribution in [0.2, 0.25) is 0 Å². The van der Waals surface area contributed by atoms with Crippen molar-refractivity contribution in [2.45, 2.75) is 50.4 Å². The summed E-state index contributed by atoms with van der Waals surface area (Å²) in [5.41, 5.74) is -0.220. The van der Waals surface area contributed by atoms with Crippen LogP contribution < -0.4 is 11.2 Å². The molecule has 0 amide bonds. The molecule has 4 rings (SSSR count). The number of rotatable bonds is 7. The Hall–Kier alpha value is -2.79. The largest absolute Gasteiger partial charge is 0.459 e. The number of carbonyl (C=O) groups excluding carboxylic acids is 1. The van der Waals surface area contributed by atoms with Gasteiger partial charge < -0.3 is 23.7 Å². The average Bonchev–Trinajstić information content (AvgIpc) is 3.22. The van der Waals surface area contributed by atoms with E-state index in [9.17, 15) is 14.4 Å². The highest BCUT2D eigenvalue weighted by Crippen LogP contribution is 2.36. The molecule has 0 spiro atoms. The summed E-state index contributed by atoms with van der Waals surface area (Å²) >= 11 is 0. The number of hydrogen-bond donors (Lipinski definition) is 1. The number of nitrogens with zero attached hydrogens (tertiary/aromatic N) is 1. The smallest absolute Gasteiger partial charge is 0.338 e. The number of aromatic nitrogens is 2. The third-order valence-corrected chi connectivity index (χ3v) is 6.02. The zero-order valence-electron chi connectivity index (χ0n) is 18.7. The third-order valence-electron chi connectivity index (χ3n) is 6.02. The topological polar surface area (TPSA) is 118 Å². The standard InChI is InChI=1S/C23H28N2O8/c1-15-13-25(22(28)24-20(15)26)19-12-17(33-23(29-2)8-10-30-11-9-23)18(32-19)14-31-21(27)16-6-4-3-5-7-16/h3-7,13,17-19H,8-12,14H2,1-2H3,(H,24,26,28)/t17-,18+,19+/m0/s1. The van der Waals surface area contributed by atoms with Crippen LogP contribution in [0.25, 0.3) is 0 Å². The molecule has 10 nitrogen and oxygen atoms in total. The first-order chi connectivity index (χ1) is 15.9. The molecule has 3 atom stereocenters. The molecule has 2 fully saturated rings. The second kappa shape index (κ2) is 10.0. The van der Waals surface area contributed by atoms with Gasteiger partial charge in [0, 0.05) is 38.1 Å². The van der Waals surface area contributed by atoms with Crippen LogP contribution in [0, 0.1) is 6.92 Å². The van der Waals surface area contributed by atoms with Crippen molar-refractivity contribution in [1.29, 1.82) is 0 Å². The van der Waals surface area contributed by atoms with Gasteiger partial charge in [-0.25, -0.2) is 9.59 Å². The summed E-state index contributed by atoms with van der Waals surface area (Å²) in [5.74, 6) is -1.33. The lowest BCUT2D eigenvalue weighted by molar-refractivity contribution is -0.281. The van der Waals surface area contributed by atoms with Crippen molar-refractivity contribution in [3.05, 3.63) is 68.5 Å². The van der Waals surface area contributed by atoms with Crippen molar-refractivity contribution >= 4 is 5.97 Å². The molecule has 0 radical (unpaired) electrons. The molecule has 0 saturated carbocycles. The molecule has 2 aromatic rings. The number of carbonyl (C=O) groups is 1. The Balaban J connectivity index is 1.54. The van der Waals surface area contributed by atoms with Crippen LogP contribution in [-0.4, -0.2) is 60.4 Å². The van der Waals surface area contributed by atoms with Crippen LogP contribution >= 0.6 is 0 Å². The Morgan fingerprint density at radius 3 is 2.64 bits per heavy atom. The van der Waals surface area contributed by atoms with Crippen LogP contribution in [0.1, 0.15) is 41.4 Å². The maximum atomic E-state index is 12.5. The summed E-state index contributed by atoms with van der Waals surface area (Å²) in [6.07, 6.45) is 0.990. The summed E-state index contributed by atoms with van der Waals surface area (Å²) in [5, 5.41) is 0. The number of esters is 1. The molecule has 3 heterocycles. The summed E-state index contributed by atoms with van der Waals surface area (Å²) < 4.78 is 30.5. The number of methoxy groups -OCH3 is 1. The fourth-order valence-corrected chi connectivity index (χ4v) is 4.09. The summed E-state index contributed by atoms with van der Waals surface area (Å²) in [7, 11) is 1.58. The zero-order chi connectivity index (χ0) is 23.4. The van der Waals surface area contributed by atoms with E-state index < -0.39 is 41.4 Å². The summed E-state index contributed by atoms with van der Waals surface area (Å²) in [6.45, 7) is 2.54. The van der Waals surface area contributed by atoms with E-state index in [4.69, 9.17) is 23.7 Å². The highest BCUT2D eigenvalue weighted by atomic mass is 16.7. The molecular formula is C23H28N2O8. The maximum Gasteiger partial charge on any atom is 0.338 e. The normalized spacial score (nSPS) is 24.5. The minimum absolute atomic E-state index is 0.0672. The van der Waals surface area contributed by atoms with E-state index in [1.54, 1.807) is 38.3 Å². The molecule has 1 aromatic carbocycles. The third kappa shape index (κ3) is 5.25. The molecule has 2 aliphatic rings. The van der Waals surface area contributed by atoms with Crippen LogP contribution in [0.3, 0.4) is 0 Å². The van der Waals surface area contributed by atoms with Gasteiger partial charge in [0.25, 0.3) is 5.56 Å². The number of nitrogens with one attached hydrogen (secondary N) is 1. The molecule has 2 saturated heterocycles. The average molecular weight is 460 g/mol. The van der Waals surface area contributed by atoms with Gasteiger partial charge in [0.15, 0.2) is 5.79 Å². The Morgan fingerprint density at radius 1 is 1.21 bits per heavy atom. The highest BCUT2D eigenvalue weighted by molar-refractivity contribution is 5.89. The summed E-state index contributed by atoms with van der Waals surface area (Å²) in [4.78, 5) is 38.9. The second-order valence-corrected chi connectivity index (χ2v) is 8.19. The SMILES string of the molecule is COC1(O[C@H]2C[C@H](n3cc(C)c(=O)[nH]c3=O)O[C@@H]2COC(=O)c2ccccc2)CCOCC1. The highest BCUT2D eigenvalue weighted by Gasteiger charge is 2.44. The molecule has 1 aromatic heterocycles. The van der Waals surface area contributed by atoms with Gasteiger partial charge >= 0.3 is 11.7 Å². The molecule has 33 heavy (non-hydrogen) atoms. The molecular weight excluding hydrogens is 432 g/mol. The molecule has 0 aliphatic carbocycles. The number of hydrogen-bond acceptors (Lipinski definition) is 8. The van der Waals surface area contributed by atoms with Gasteiger partial charge in [0.1, 0.15) is 18.9 Å². The maximum absolute atomic E-state index is 12.5. The van der Waals surface area contributed by atoms with Crippen LogP contribution in [0.4, 0.5) is 0 Å². The van der Waals surface area contributed by atoms with Gasteiger partial charge in [-0.3, -0.25) is 14.3 Å². The number of benzene rings is 1. The number of aryl methyl sites for hydroxylation is 1. The predicted octanol–water partition coefficient (Wildman–Crippen LogP) is 1.53. The molecule has 1 N–H and O–H groups in total. The van der Waals surface area contributed by atoms with Crippen LogP contribution in [0.15, 0.2) is 46.1 Å². The molecule has 10 heteroatoms. The predicted molar refractivity (Wildman–Crippen MR) is 116 cm³/mol. The van der Waals surface area contributed by atoms with Gasteiger partial charge in [0.05, 0.1) is 24.9 Å². The lowest BCUT2D eigenvalue weighted by atomic mass is 10.1. The van der Waals surface area contributed by atoms with Gasteiger partial charge in [-0.2, -0.15) is 0 Å². The number of aromatic amines is 1. The van der Waals surface area contributed by atoms with E-state index in [0.29, 0.717) is 43.6 Å². The van der Waals surface area contributed by atoms with Crippen molar-refractivity contribution in [2.24, 2.45) is 0 Å². The second-order valence-electron chi connectivity index (χ2n) is 8.19. The molecule has 0 bridgehead atoms. The first-order valence-corrected chi connectivity index (χ1v) is 10.9. The lowest BCUT2D eigenvalue weighted by Gasteiger charge is -2.38. The van der Waals surface area contributed by atoms with E-state index in [2.05, 4.69) is 4.98 Å². The zero-order valence-corrected chi connectivity index (χ0v) is 18.7. The summed E-state index contributed by atoms with van der Waals surface area (Å²) in [6, 6.07) is 8.65. The minimum Gasteiger partial charge on any atom is -0.459 e. The Morgan fingerprint density at radius 2 is 1.94 bits per heavy atom. The monoisotopic (exact) mass is 460 g/mol. The van der Waals surface area contributed by atoms with Crippen LogP contribution in [-0.2, 0) is 23.7 Å². The van der Waals surface area contributed by atoms with E-state index in [-0.39, 0.29) is 6.61 Å². The Bertz CT molecular complexity index is 1070. The van der Waals surface area contributed by atoms with Gasteiger partial charge in [-0.15, -0.1) is 0 Å². The van der Waals surface area contributed by atoms with Crippen molar-refractivity contribution in [3.63, 3.8) is 0 Å². The molecule has 0 unspecified atom stereocenters. The van der Waals surface area contributed by atoms with Crippen LogP contribution in [0.5, 0.6) is 0 Å². The lowest BCUT2D eigenvalue weighted by Crippen LogP contribution is -2.46. The Labute approximate surface area is 190 Å². The van der Waals surface area contributed by atoms with Gasteiger partial charge in [0.2, 0.25) is 0 Å². The number of H-pyrrole nitrogens is 1. The van der Waals surface area contributed by atoms with E-state index in [0.717, 1.165) is 0 Å². The van der Waals surface area contributed by atoms with Crippen molar-refractivity contribution in [2.75, 3.05) is 26.9 Å². The van der Waals surface area contributed by atoms with Crippen molar-refractivity contribution in [3.8, 4) is 0 Å². The fraction of sp³-hybridized carbons (Fsp3) is 0.522. The van der Waals surface area contributed by atoms with Gasteiger partial charge in [-0.1, -0.05) is 18.2 Å². The molecule has 178 valence electrons. The van der Waals surface area contributed by atoms with E-state index >= 15 is 0 Å². The quantitative estimate of drug-likeness (QED) is 0.488. The van der Waals surface area contributed by atoms with Crippen molar-refractivity contribution < 1.29 is 28.5 Å². The van der Waals surface area contributed by atoms with Gasteiger partial charge in [-0.05, 0) is 19.1 Å². The van der Waals surface area contributed by atoms with E-state index in [1.807, 2.05) is 6.07 Å². The van der Waals surface area contributed by atoms with E-state index in [1.165, 1.54) is 10.8 Å². The first-order valence-electron chi connectivity index (χ1n) is 10.9. The Kier molecular flexibility index (Phi) is 7.08. The molecule has 2 aliphatic heterocycles. The first kappa shape index (κ1) is 23.4. The fourth-order valence-electron chi connectivity index (χ4n) is 4.09. The number of ether oxygens (including phenoxy) is 5. The minimum atomic E-state index is -0.852. The van der Waals surface area contributed by atoms with Crippen molar-refractivity contribution in [1.82, 2.24) is 9.55 Å².